The molecule has 0 bridgehead atoms. The van der Waals surface area contributed by atoms with Gasteiger partial charge in [-0.1, -0.05) is 141 Å². The van der Waals surface area contributed by atoms with Crippen LogP contribution >= 0.6 is 0 Å². The van der Waals surface area contributed by atoms with E-state index in [1.54, 1.807) is 12.5 Å². The minimum absolute atomic E-state index is 0.0673. The summed E-state index contributed by atoms with van der Waals surface area (Å²) in [7, 11) is 0. The van der Waals surface area contributed by atoms with Gasteiger partial charge in [0.1, 0.15) is 19.8 Å². The normalized spacial score (nSPS) is 12.1. The van der Waals surface area contributed by atoms with Crippen molar-refractivity contribution in [1.29, 1.82) is 0 Å². The fourth-order valence-electron chi connectivity index (χ4n) is 6.16. The van der Waals surface area contributed by atoms with Gasteiger partial charge in [0.2, 0.25) is 0 Å². The predicted molar refractivity (Wildman–Crippen MR) is 231 cm³/mol. The Balaban J connectivity index is 2.56. The maximum absolute atomic E-state index is 13.2. The van der Waals surface area contributed by atoms with Crippen LogP contribution in [0.5, 0.6) is 0 Å². The molecule has 334 valence electrons. The molecular weight excluding hydrogens is 737 g/mol. The average molecular weight is 819 g/mol. The minimum Gasteiger partial charge on any atom is -0.465 e. The molecule has 1 rings (SSSR count). The lowest BCUT2D eigenvalue weighted by Crippen LogP contribution is -2.33. The van der Waals surface area contributed by atoms with Crippen LogP contribution in [-0.4, -0.2) is 73.6 Å². The van der Waals surface area contributed by atoms with Crippen molar-refractivity contribution in [2.45, 2.75) is 194 Å². The number of rotatable bonds is 41. The fraction of sp³-hybridized carbons (Fsp3) is 0.787. The van der Waals surface area contributed by atoms with Gasteiger partial charge in [0.05, 0.1) is 32.1 Å². The molecule has 0 spiro atoms. The molecule has 0 radical (unpaired) electrons. The van der Waals surface area contributed by atoms with Crippen LogP contribution in [0.1, 0.15) is 181 Å². The van der Waals surface area contributed by atoms with Gasteiger partial charge >= 0.3 is 18.1 Å². The van der Waals surface area contributed by atoms with Crippen LogP contribution < -0.4 is 0 Å². The first-order chi connectivity index (χ1) is 28.5. The molecule has 0 aromatic carbocycles. The summed E-state index contributed by atoms with van der Waals surface area (Å²) >= 11 is 0. The maximum atomic E-state index is 13.2. The monoisotopic (exact) mass is 819 g/mol. The Morgan fingerprint density at radius 3 is 1.72 bits per heavy atom. The lowest BCUT2D eigenvalue weighted by atomic mass is 10.1. The number of aromatic nitrogens is 2. The van der Waals surface area contributed by atoms with E-state index in [2.05, 4.69) is 50.1 Å². The third-order valence-corrected chi connectivity index (χ3v) is 9.78. The molecule has 0 fully saturated rings. The number of esters is 2. The number of carbonyl (C=O) groups is 3. The van der Waals surface area contributed by atoms with Gasteiger partial charge < -0.3 is 33.0 Å². The Morgan fingerprint density at radius 2 is 1.10 bits per heavy atom. The molecule has 11 nitrogen and oxygen atoms in total. The molecule has 0 N–H and O–H groups in total. The Morgan fingerprint density at radius 1 is 0.569 bits per heavy atom. The average Bonchev–Trinajstić information content (AvgIpc) is 3.75. The van der Waals surface area contributed by atoms with Crippen molar-refractivity contribution in [3.05, 3.63) is 43.0 Å². The van der Waals surface area contributed by atoms with Crippen molar-refractivity contribution in [2.24, 2.45) is 5.92 Å². The smallest absolute Gasteiger partial charge is 0.465 e. The topological polar surface area (TPSA) is 124 Å². The van der Waals surface area contributed by atoms with Gasteiger partial charge in [-0.25, -0.2) is 14.6 Å². The minimum atomic E-state index is -1.14. The molecule has 11 heteroatoms. The van der Waals surface area contributed by atoms with Gasteiger partial charge in [0.15, 0.2) is 0 Å². The van der Waals surface area contributed by atoms with Gasteiger partial charge in [-0.3, -0.25) is 4.79 Å². The van der Waals surface area contributed by atoms with E-state index in [1.165, 1.54) is 64.2 Å². The van der Waals surface area contributed by atoms with Gasteiger partial charge in [0, 0.05) is 25.4 Å². The Bertz CT molecular complexity index is 1120. The van der Waals surface area contributed by atoms with Crippen molar-refractivity contribution >= 4 is 18.1 Å². The highest BCUT2D eigenvalue weighted by Gasteiger charge is 2.25. The molecule has 1 aromatic heterocycles. The molecule has 58 heavy (non-hydrogen) atoms. The van der Waals surface area contributed by atoms with Crippen molar-refractivity contribution in [1.82, 2.24) is 9.55 Å². The van der Waals surface area contributed by atoms with Gasteiger partial charge in [0.25, 0.3) is 6.29 Å². The first kappa shape index (κ1) is 52.8. The van der Waals surface area contributed by atoms with E-state index in [0.717, 1.165) is 83.5 Å². The van der Waals surface area contributed by atoms with Crippen LogP contribution in [0.25, 0.3) is 0 Å². The van der Waals surface area contributed by atoms with Crippen LogP contribution in [0.15, 0.2) is 43.0 Å². The van der Waals surface area contributed by atoms with Gasteiger partial charge in [-0.15, -0.1) is 0 Å². The molecule has 0 aliphatic rings. The van der Waals surface area contributed by atoms with Crippen molar-refractivity contribution < 1.29 is 42.8 Å². The lowest BCUT2D eigenvalue weighted by Gasteiger charge is -2.21. The fourth-order valence-corrected chi connectivity index (χ4v) is 6.16. The summed E-state index contributed by atoms with van der Waals surface area (Å²) in [6.07, 6.45) is 38.5. The highest BCUT2D eigenvalue weighted by Crippen LogP contribution is 2.13. The van der Waals surface area contributed by atoms with Crippen LogP contribution in [0.2, 0.25) is 0 Å². The molecule has 1 heterocycles. The molecule has 0 saturated carbocycles. The highest BCUT2D eigenvalue weighted by atomic mass is 16.7. The zero-order valence-electron chi connectivity index (χ0n) is 36.9. The number of ether oxygens (including phenoxy) is 6. The summed E-state index contributed by atoms with van der Waals surface area (Å²) in [5.41, 5.74) is 0. The zero-order valence-corrected chi connectivity index (χ0v) is 36.9. The third-order valence-electron chi connectivity index (χ3n) is 9.78. The van der Waals surface area contributed by atoms with E-state index in [-0.39, 0.29) is 32.4 Å². The van der Waals surface area contributed by atoms with E-state index >= 15 is 0 Å². The molecule has 0 saturated heterocycles. The number of carbonyl (C=O) groups excluding carboxylic acids is 3. The summed E-state index contributed by atoms with van der Waals surface area (Å²) in [5.74, 6) is -1.55. The van der Waals surface area contributed by atoms with Gasteiger partial charge in [-0.2, -0.15) is 0 Å². The van der Waals surface area contributed by atoms with E-state index in [4.69, 9.17) is 28.4 Å². The quantitative estimate of drug-likeness (QED) is 0.0207. The maximum Gasteiger partial charge on any atom is 0.508 e. The van der Waals surface area contributed by atoms with E-state index in [1.807, 2.05) is 10.8 Å². The summed E-state index contributed by atoms with van der Waals surface area (Å²) in [6.45, 7) is 7.88. The zero-order chi connectivity index (χ0) is 42.0. The van der Waals surface area contributed by atoms with E-state index < -0.39 is 24.3 Å². The molecule has 1 unspecified atom stereocenters. The highest BCUT2D eigenvalue weighted by molar-refractivity contribution is 5.73. The number of imidazole rings is 1. The summed E-state index contributed by atoms with van der Waals surface area (Å²) in [4.78, 5) is 42.3. The second kappa shape index (κ2) is 40.6. The molecular formula is C47H82N2O9. The first-order valence-corrected chi connectivity index (χ1v) is 23.1. The Labute approximate surface area is 352 Å². The number of allylic oxidation sites excluding steroid dienone is 4. The second-order valence-corrected chi connectivity index (χ2v) is 15.3. The predicted octanol–water partition coefficient (Wildman–Crippen LogP) is 12.0. The summed E-state index contributed by atoms with van der Waals surface area (Å²) in [5, 5.41) is 0. The summed E-state index contributed by atoms with van der Waals surface area (Å²) in [6, 6.07) is 0. The van der Waals surface area contributed by atoms with Crippen LogP contribution in [0.3, 0.4) is 0 Å². The standard InChI is InChI=1S/C47H82N2O9/c1-4-7-10-13-16-17-18-19-20-21-22-23-24-25-28-32-44(50)56-39-43(41-58-47(52)55-38-31-34-49-35-33-48-42-49)40-57-45(51)46(53-36-29-26-14-11-8-5-2)54-37-30-27-15-12-9-6-3/h16-17,19-20,33,35,42-43,46H,4-15,18,21-32,34,36-41H2,1-3H3/b17-16-,20-19-. The Kier molecular flexibility index (Phi) is 37.0. The number of nitrogens with zero attached hydrogens (tertiary/aromatic N) is 2. The lowest BCUT2D eigenvalue weighted by molar-refractivity contribution is -0.197. The third kappa shape index (κ3) is 33.8. The van der Waals surface area contributed by atoms with Crippen molar-refractivity contribution in [3.8, 4) is 0 Å². The van der Waals surface area contributed by atoms with E-state index in [9.17, 15) is 14.4 Å². The van der Waals surface area contributed by atoms with Crippen LogP contribution in [-0.2, 0) is 44.6 Å². The summed E-state index contributed by atoms with van der Waals surface area (Å²) < 4.78 is 35.5. The SMILES string of the molecule is CCCCC/C=C\C/C=C\CCCCCCCC(=O)OCC(COC(=O)OCCCn1ccnc1)COC(=O)C(OCCCCCCCC)OCCCCCCCC. The molecule has 1 atom stereocenters. The molecule has 0 amide bonds. The van der Waals surface area contributed by atoms with Crippen LogP contribution in [0, 0.1) is 5.92 Å². The van der Waals surface area contributed by atoms with Gasteiger partial charge in [-0.05, 0) is 57.8 Å². The molecule has 0 aliphatic heterocycles. The largest absolute Gasteiger partial charge is 0.508 e. The van der Waals surface area contributed by atoms with Crippen molar-refractivity contribution in [2.75, 3.05) is 39.6 Å². The van der Waals surface area contributed by atoms with Crippen LogP contribution in [0.4, 0.5) is 4.79 Å². The number of aryl methyl sites for hydroxylation is 1. The second-order valence-electron chi connectivity index (χ2n) is 15.3. The number of hydrogen-bond donors (Lipinski definition) is 0. The first-order valence-electron chi connectivity index (χ1n) is 23.1. The Hall–Kier alpha value is -3.18. The van der Waals surface area contributed by atoms with Crippen molar-refractivity contribution in [3.63, 3.8) is 0 Å². The number of unbranched alkanes of at least 4 members (excludes halogenated alkanes) is 18. The van der Waals surface area contributed by atoms with E-state index in [0.29, 0.717) is 32.6 Å². The molecule has 0 aliphatic carbocycles. The molecule has 1 aromatic rings. The number of hydrogen-bond acceptors (Lipinski definition) is 10.